The van der Waals surface area contributed by atoms with Gasteiger partial charge in [0, 0.05) is 31.8 Å². The van der Waals surface area contributed by atoms with Crippen molar-refractivity contribution in [1.29, 1.82) is 0 Å². The van der Waals surface area contributed by atoms with Crippen LogP contribution in [0, 0.1) is 11.7 Å². The Labute approximate surface area is 124 Å². The molecular weight excluding hydrogens is 295 g/mol. The summed E-state index contributed by atoms with van der Waals surface area (Å²) in [6.45, 7) is 1.79. The Morgan fingerprint density at radius 2 is 1.95 bits per heavy atom. The summed E-state index contributed by atoms with van der Waals surface area (Å²) in [5.74, 6) is -0.235. The van der Waals surface area contributed by atoms with Gasteiger partial charge >= 0.3 is 0 Å². The maximum Gasteiger partial charge on any atom is 0.243 e. The Balaban J connectivity index is 1.75. The molecule has 0 aromatic heterocycles. The number of likely N-dealkylation sites (N-methyl/N-ethyl adjacent to an activating group) is 1. The number of hydrogen-bond donors (Lipinski definition) is 1. The predicted molar refractivity (Wildman–Crippen MR) is 75.7 cm³/mol. The van der Waals surface area contributed by atoms with Crippen molar-refractivity contribution >= 4 is 10.0 Å². The minimum Gasteiger partial charge on any atom is -0.396 e. The topological polar surface area (TPSA) is 60.9 Å². The van der Waals surface area contributed by atoms with E-state index in [9.17, 15) is 17.9 Å². The molecule has 1 unspecified atom stereocenters. The number of hydrogen-bond acceptors (Lipinski definition) is 4. The third kappa shape index (κ3) is 2.38. The van der Waals surface area contributed by atoms with Gasteiger partial charge in [-0.1, -0.05) is 0 Å². The van der Waals surface area contributed by atoms with E-state index >= 15 is 0 Å². The van der Waals surface area contributed by atoms with Crippen LogP contribution in [-0.2, 0) is 10.0 Å². The molecule has 5 nitrogen and oxygen atoms in total. The van der Waals surface area contributed by atoms with Gasteiger partial charge in [0.15, 0.2) is 0 Å². The molecule has 21 heavy (non-hydrogen) atoms. The number of sulfonamides is 1. The molecule has 1 spiro atoms. The van der Waals surface area contributed by atoms with Crippen molar-refractivity contribution in [2.24, 2.45) is 5.92 Å². The second-order valence-electron chi connectivity index (χ2n) is 6.08. The van der Waals surface area contributed by atoms with Crippen LogP contribution < -0.4 is 0 Å². The van der Waals surface area contributed by atoms with Crippen LogP contribution in [0.15, 0.2) is 29.2 Å². The quantitative estimate of drug-likeness (QED) is 0.883. The van der Waals surface area contributed by atoms with Crippen molar-refractivity contribution in [2.75, 3.05) is 33.3 Å². The SMILES string of the molecule is CN1CC(CO)CC12CN(S(=O)(=O)c1ccc(F)cc1)C2. The smallest absolute Gasteiger partial charge is 0.243 e. The zero-order valence-electron chi connectivity index (χ0n) is 11.9. The number of aliphatic hydroxyl groups excluding tert-OH is 1. The van der Waals surface area contributed by atoms with Crippen molar-refractivity contribution in [3.8, 4) is 0 Å². The van der Waals surface area contributed by atoms with Gasteiger partial charge in [-0.05, 0) is 43.7 Å². The second kappa shape index (κ2) is 5.01. The van der Waals surface area contributed by atoms with Gasteiger partial charge < -0.3 is 5.11 Å². The van der Waals surface area contributed by atoms with Crippen LogP contribution in [0.4, 0.5) is 4.39 Å². The Hall–Kier alpha value is -1.02. The fraction of sp³-hybridized carbons (Fsp3) is 0.571. The number of halogens is 1. The minimum atomic E-state index is -3.55. The Bertz CT molecular complexity index is 626. The first-order chi connectivity index (χ1) is 9.87. The van der Waals surface area contributed by atoms with Crippen molar-refractivity contribution in [2.45, 2.75) is 16.9 Å². The van der Waals surface area contributed by atoms with E-state index in [2.05, 4.69) is 4.90 Å². The zero-order chi connectivity index (χ0) is 15.3. The van der Waals surface area contributed by atoms with Crippen LogP contribution in [0.5, 0.6) is 0 Å². The molecule has 116 valence electrons. The van der Waals surface area contributed by atoms with Gasteiger partial charge in [0.25, 0.3) is 0 Å². The lowest BCUT2D eigenvalue weighted by Crippen LogP contribution is -2.67. The number of aliphatic hydroxyl groups is 1. The molecule has 2 aliphatic heterocycles. The van der Waals surface area contributed by atoms with Crippen LogP contribution in [0.25, 0.3) is 0 Å². The maximum absolute atomic E-state index is 12.9. The molecule has 2 aliphatic rings. The first-order valence-corrected chi connectivity index (χ1v) is 8.39. The third-order valence-electron chi connectivity index (χ3n) is 4.66. The molecule has 1 N–H and O–H groups in total. The molecule has 1 aromatic rings. The summed E-state index contributed by atoms with van der Waals surface area (Å²) in [6, 6.07) is 4.91. The Morgan fingerprint density at radius 1 is 1.33 bits per heavy atom. The first-order valence-electron chi connectivity index (χ1n) is 6.95. The number of benzene rings is 1. The summed E-state index contributed by atoms with van der Waals surface area (Å²) in [4.78, 5) is 2.27. The highest BCUT2D eigenvalue weighted by atomic mass is 32.2. The average molecular weight is 314 g/mol. The van der Waals surface area contributed by atoms with Gasteiger partial charge in [0.2, 0.25) is 10.0 Å². The molecule has 1 aromatic carbocycles. The summed E-state index contributed by atoms with van der Waals surface area (Å²) in [5, 5.41) is 9.27. The highest BCUT2D eigenvalue weighted by molar-refractivity contribution is 7.89. The lowest BCUT2D eigenvalue weighted by Gasteiger charge is -2.50. The van der Waals surface area contributed by atoms with Crippen LogP contribution in [0.2, 0.25) is 0 Å². The molecular formula is C14H19FN2O3S. The minimum absolute atomic E-state index is 0.123. The van der Waals surface area contributed by atoms with E-state index in [0.29, 0.717) is 13.1 Å². The molecule has 0 bridgehead atoms. The molecule has 0 radical (unpaired) electrons. The standard InChI is InChI=1S/C14H19FN2O3S/c1-16-7-11(8-18)6-14(16)9-17(10-14)21(19,20)13-4-2-12(15)3-5-13/h2-5,11,18H,6-10H2,1H3. The fourth-order valence-corrected chi connectivity index (χ4v) is 4.97. The fourth-order valence-electron chi connectivity index (χ4n) is 3.37. The van der Waals surface area contributed by atoms with Crippen LogP contribution in [0.3, 0.4) is 0 Å². The van der Waals surface area contributed by atoms with Crippen LogP contribution >= 0.6 is 0 Å². The number of likely N-dealkylation sites (tertiary alicyclic amines) is 1. The largest absolute Gasteiger partial charge is 0.396 e. The van der Waals surface area contributed by atoms with E-state index in [4.69, 9.17) is 0 Å². The number of nitrogens with zero attached hydrogens (tertiary/aromatic N) is 2. The summed E-state index contributed by atoms with van der Waals surface area (Å²) in [6.07, 6.45) is 0.815. The Morgan fingerprint density at radius 3 is 2.48 bits per heavy atom. The summed E-state index contributed by atoms with van der Waals surface area (Å²) < 4.78 is 39.3. The van der Waals surface area contributed by atoms with Gasteiger partial charge in [-0.25, -0.2) is 12.8 Å². The molecule has 3 rings (SSSR count). The summed E-state index contributed by atoms with van der Waals surface area (Å²) in [7, 11) is -1.58. The van der Waals surface area contributed by atoms with Crippen molar-refractivity contribution in [3.05, 3.63) is 30.1 Å². The van der Waals surface area contributed by atoms with Gasteiger partial charge in [-0.3, -0.25) is 4.90 Å². The molecule has 0 amide bonds. The van der Waals surface area contributed by atoms with Crippen LogP contribution in [0.1, 0.15) is 6.42 Å². The average Bonchev–Trinajstić information content (AvgIpc) is 2.74. The molecule has 1 atom stereocenters. The second-order valence-corrected chi connectivity index (χ2v) is 8.02. The normalized spacial score (nSPS) is 26.1. The van der Waals surface area contributed by atoms with E-state index in [-0.39, 0.29) is 23.0 Å². The van der Waals surface area contributed by atoms with E-state index in [1.54, 1.807) is 0 Å². The number of rotatable bonds is 3. The molecule has 2 fully saturated rings. The first kappa shape index (κ1) is 14.9. The molecule has 0 saturated carbocycles. The highest BCUT2D eigenvalue weighted by Gasteiger charge is 2.54. The van der Waals surface area contributed by atoms with E-state index in [1.807, 2.05) is 7.05 Å². The predicted octanol–water partition coefficient (Wildman–Crippen LogP) is 0.513. The zero-order valence-corrected chi connectivity index (χ0v) is 12.7. The van der Waals surface area contributed by atoms with E-state index in [0.717, 1.165) is 25.1 Å². The van der Waals surface area contributed by atoms with Gasteiger partial charge in [0.05, 0.1) is 4.90 Å². The highest BCUT2D eigenvalue weighted by Crippen LogP contribution is 2.41. The molecule has 2 heterocycles. The van der Waals surface area contributed by atoms with Gasteiger partial charge in [-0.15, -0.1) is 0 Å². The van der Waals surface area contributed by atoms with E-state index < -0.39 is 15.8 Å². The van der Waals surface area contributed by atoms with Crippen molar-refractivity contribution in [3.63, 3.8) is 0 Å². The molecule has 0 aliphatic carbocycles. The molecule has 7 heteroatoms. The lowest BCUT2D eigenvalue weighted by molar-refractivity contribution is 0.0374. The Kier molecular flexibility index (Phi) is 3.56. The third-order valence-corrected chi connectivity index (χ3v) is 6.47. The summed E-state index contributed by atoms with van der Waals surface area (Å²) >= 11 is 0. The van der Waals surface area contributed by atoms with Gasteiger partial charge in [-0.2, -0.15) is 4.31 Å². The monoisotopic (exact) mass is 314 g/mol. The van der Waals surface area contributed by atoms with Crippen molar-refractivity contribution < 1.29 is 17.9 Å². The van der Waals surface area contributed by atoms with Crippen molar-refractivity contribution in [1.82, 2.24) is 9.21 Å². The maximum atomic E-state index is 12.9. The van der Waals surface area contributed by atoms with Gasteiger partial charge in [0.1, 0.15) is 5.82 Å². The summed E-state index contributed by atoms with van der Waals surface area (Å²) in [5.41, 5.74) is -0.152. The molecule has 2 saturated heterocycles. The lowest BCUT2D eigenvalue weighted by atomic mass is 9.87. The van der Waals surface area contributed by atoms with E-state index in [1.165, 1.54) is 16.4 Å². The van der Waals surface area contributed by atoms with Crippen LogP contribution in [-0.4, -0.2) is 61.6 Å².